The second-order valence-corrected chi connectivity index (χ2v) is 11.1. The molecule has 0 saturated carbocycles. The summed E-state index contributed by atoms with van der Waals surface area (Å²) in [5, 5.41) is 8.48. The molecular weight excluding hydrogens is 574 g/mol. The predicted molar refractivity (Wildman–Crippen MR) is 176 cm³/mol. The standard InChI is InChI=1S/C35H35N3O5S/c1-23(2)24-13-15-27(16-14-24)36-32(39)22-44-29-19-17-28(18-20-29)37-35(41)30(38-34(40)25-9-6-5-7-10-25)21-26-11-8-12-31(42-3)33(26)43-4/h5-21,23H,22H2,1-4H3,(H,36,39)(H,37,41)(H,38,40)/b30-21-. The number of amides is 3. The Labute approximate surface area is 261 Å². The highest BCUT2D eigenvalue weighted by Gasteiger charge is 2.17. The smallest absolute Gasteiger partial charge is 0.272 e. The molecule has 0 spiro atoms. The number of para-hydroxylation sites is 1. The average Bonchev–Trinajstić information content (AvgIpc) is 3.04. The van der Waals surface area contributed by atoms with E-state index in [0.29, 0.717) is 34.2 Å². The van der Waals surface area contributed by atoms with Gasteiger partial charge in [-0.1, -0.05) is 56.3 Å². The first-order valence-corrected chi connectivity index (χ1v) is 15.0. The molecule has 0 bridgehead atoms. The van der Waals surface area contributed by atoms with Crippen molar-refractivity contribution in [3.63, 3.8) is 0 Å². The van der Waals surface area contributed by atoms with Crippen molar-refractivity contribution < 1.29 is 23.9 Å². The molecule has 0 aliphatic rings. The van der Waals surface area contributed by atoms with Crippen LogP contribution >= 0.6 is 11.8 Å². The quantitative estimate of drug-likeness (QED) is 0.118. The molecule has 0 aromatic heterocycles. The summed E-state index contributed by atoms with van der Waals surface area (Å²) < 4.78 is 10.9. The second-order valence-electron chi connectivity index (χ2n) is 10.1. The molecule has 9 heteroatoms. The number of hydrogen-bond donors (Lipinski definition) is 3. The Morgan fingerprint density at radius 3 is 2.07 bits per heavy atom. The van der Waals surface area contributed by atoms with Gasteiger partial charge in [-0.15, -0.1) is 11.8 Å². The van der Waals surface area contributed by atoms with E-state index in [-0.39, 0.29) is 17.4 Å². The van der Waals surface area contributed by atoms with E-state index in [9.17, 15) is 14.4 Å². The van der Waals surface area contributed by atoms with Crippen LogP contribution in [0.2, 0.25) is 0 Å². The number of thioether (sulfide) groups is 1. The largest absolute Gasteiger partial charge is 0.493 e. The fourth-order valence-corrected chi connectivity index (χ4v) is 4.95. The zero-order chi connectivity index (χ0) is 31.5. The maximum absolute atomic E-state index is 13.4. The van der Waals surface area contributed by atoms with Crippen LogP contribution < -0.4 is 25.4 Å². The lowest BCUT2D eigenvalue weighted by atomic mass is 10.0. The minimum Gasteiger partial charge on any atom is -0.493 e. The molecule has 4 aromatic carbocycles. The van der Waals surface area contributed by atoms with Gasteiger partial charge in [-0.2, -0.15) is 0 Å². The normalized spacial score (nSPS) is 11.1. The molecule has 4 aromatic rings. The van der Waals surface area contributed by atoms with Crippen LogP contribution in [-0.4, -0.2) is 37.7 Å². The summed E-state index contributed by atoms with van der Waals surface area (Å²) in [5.41, 5.74) is 3.46. The first kappa shape index (κ1) is 31.9. The minimum atomic E-state index is -0.526. The number of benzene rings is 4. The molecule has 3 N–H and O–H groups in total. The lowest BCUT2D eigenvalue weighted by Crippen LogP contribution is -2.30. The Morgan fingerprint density at radius 1 is 0.773 bits per heavy atom. The zero-order valence-corrected chi connectivity index (χ0v) is 25.9. The van der Waals surface area contributed by atoms with Crippen molar-refractivity contribution in [2.75, 3.05) is 30.6 Å². The van der Waals surface area contributed by atoms with Crippen LogP contribution in [0.3, 0.4) is 0 Å². The van der Waals surface area contributed by atoms with Crippen molar-refractivity contribution in [3.05, 3.63) is 119 Å². The molecule has 0 aliphatic carbocycles. The van der Waals surface area contributed by atoms with Crippen molar-refractivity contribution in [2.45, 2.75) is 24.7 Å². The number of methoxy groups -OCH3 is 2. The van der Waals surface area contributed by atoms with Gasteiger partial charge in [0.1, 0.15) is 5.70 Å². The number of carbonyl (C=O) groups is 3. The van der Waals surface area contributed by atoms with Crippen LogP contribution in [-0.2, 0) is 9.59 Å². The van der Waals surface area contributed by atoms with E-state index in [4.69, 9.17) is 9.47 Å². The van der Waals surface area contributed by atoms with E-state index in [1.807, 2.05) is 36.4 Å². The van der Waals surface area contributed by atoms with E-state index in [1.54, 1.807) is 60.7 Å². The molecule has 0 unspecified atom stereocenters. The van der Waals surface area contributed by atoms with Gasteiger partial charge >= 0.3 is 0 Å². The van der Waals surface area contributed by atoms with Gasteiger partial charge in [-0.25, -0.2) is 0 Å². The molecule has 0 atom stereocenters. The van der Waals surface area contributed by atoms with Crippen molar-refractivity contribution in [3.8, 4) is 11.5 Å². The molecule has 0 saturated heterocycles. The number of carbonyl (C=O) groups excluding carboxylic acids is 3. The SMILES string of the molecule is COc1cccc(/C=C(\NC(=O)c2ccccc2)C(=O)Nc2ccc(SCC(=O)Nc3ccc(C(C)C)cc3)cc2)c1OC. The summed E-state index contributed by atoms with van der Waals surface area (Å²) in [4.78, 5) is 39.8. The molecule has 0 fully saturated rings. The van der Waals surface area contributed by atoms with Crippen LogP contribution in [0.25, 0.3) is 6.08 Å². The Kier molecular flexibility index (Phi) is 11.2. The van der Waals surface area contributed by atoms with E-state index in [2.05, 4.69) is 29.8 Å². The zero-order valence-electron chi connectivity index (χ0n) is 25.0. The van der Waals surface area contributed by atoms with Crippen LogP contribution in [0.5, 0.6) is 11.5 Å². The molecule has 0 aliphatic heterocycles. The number of hydrogen-bond acceptors (Lipinski definition) is 6. The Balaban J connectivity index is 1.44. The van der Waals surface area contributed by atoms with Crippen LogP contribution in [0.4, 0.5) is 11.4 Å². The van der Waals surface area contributed by atoms with Gasteiger partial charge in [0.2, 0.25) is 5.91 Å². The van der Waals surface area contributed by atoms with Gasteiger partial charge in [0.05, 0.1) is 20.0 Å². The lowest BCUT2D eigenvalue weighted by Gasteiger charge is -2.14. The summed E-state index contributed by atoms with van der Waals surface area (Å²) in [7, 11) is 3.03. The van der Waals surface area contributed by atoms with Crippen LogP contribution in [0.15, 0.2) is 108 Å². The summed E-state index contributed by atoms with van der Waals surface area (Å²) in [6.45, 7) is 4.25. The summed E-state index contributed by atoms with van der Waals surface area (Å²) >= 11 is 1.39. The van der Waals surface area contributed by atoms with Crippen molar-refractivity contribution in [1.29, 1.82) is 0 Å². The topological polar surface area (TPSA) is 106 Å². The first-order chi connectivity index (χ1) is 21.3. The molecule has 0 radical (unpaired) electrons. The third-order valence-electron chi connectivity index (χ3n) is 6.61. The molecular formula is C35H35N3O5S. The summed E-state index contributed by atoms with van der Waals surface area (Å²) in [5.74, 6) is 0.501. The van der Waals surface area contributed by atoms with E-state index >= 15 is 0 Å². The van der Waals surface area contributed by atoms with E-state index < -0.39 is 11.8 Å². The summed E-state index contributed by atoms with van der Waals surface area (Å²) in [6.07, 6.45) is 1.54. The number of ether oxygens (including phenoxy) is 2. The monoisotopic (exact) mass is 609 g/mol. The van der Waals surface area contributed by atoms with Gasteiger partial charge in [0.15, 0.2) is 11.5 Å². The predicted octanol–water partition coefficient (Wildman–Crippen LogP) is 6.97. The van der Waals surface area contributed by atoms with Gasteiger partial charge in [0, 0.05) is 27.4 Å². The fraction of sp³-hybridized carbons (Fsp3) is 0.171. The van der Waals surface area contributed by atoms with Gasteiger partial charge in [-0.3, -0.25) is 14.4 Å². The molecule has 8 nitrogen and oxygen atoms in total. The molecule has 226 valence electrons. The van der Waals surface area contributed by atoms with E-state index in [1.165, 1.54) is 37.6 Å². The van der Waals surface area contributed by atoms with Gasteiger partial charge in [0.25, 0.3) is 11.8 Å². The molecule has 44 heavy (non-hydrogen) atoms. The molecule has 3 amide bonds. The maximum atomic E-state index is 13.4. The lowest BCUT2D eigenvalue weighted by molar-refractivity contribution is -0.114. The Bertz CT molecular complexity index is 1620. The van der Waals surface area contributed by atoms with Crippen molar-refractivity contribution >= 4 is 46.9 Å². The van der Waals surface area contributed by atoms with Crippen LogP contribution in [0.1, 0.15) is 41.3 Å². The van der Waals surface area contributed by atoms with Crippen molar-refractivity contribution in [1.82, 2.24) is 5.32 Å². The Morgan fingerprint density at radius 2 is 1.43 bits per heavy atom. The molecule has 4 rings (SSSR count). The van der Waals surface area contributed by atoms with Crippen molar-refractivity contribution in [2.24, 2.45) is 0 Å². The second kappa shape index (κ2) is 15.5. The average molecular weight is 610 g/mol. The highest BCUT2D eigenvalue weighted by molar-refractivity contribution is 8.00. The van der Waals surface area contributed by atoms with E-state index in [0.717, 1.165) is 10.6 Å². The maximum Gasteiger partial charge on any atom is 0.272 e. The first-order valence-electron chi connectivity index (χ1n) is 14.0. The number of anilines is 2. The highest BCUT2D eigenvalue weighted by Crippen LogP contribution is 2.32. The highest BCUT2D eigenvalue weighted by atomic mass is 32.2. The summed E-state index contributed by atoms with van der Waals surface area (Å²) in [6, 6.07) is 28.9. The third-order valence-corrected chi connectivity index (χ3v) is 7.62. The fourth-order valence-electron chi connectivity index (χ4n) is 4.25. The number of rotatable bonds is 12. The number of nitrogens with one attached hydrogen (secondary N) is 3. The minimum absolute atomic E-state index is 0.0157. The Hall–Kier alpha value is -5.02. The molecule has 0 heterocycles. The van der Waals surface area contributed by atoms with Gasteiger partial charge in [-0.05, 0) is 72.2 Å². The van der Waals surface area contributed by atoms with Crippen LogP contribution in [0, 0.1) is 0 Å². The van der Waals surface area contributed by atoms with Gasteiger partial charge < -0.3 is 25.4 Å². The third kappa shape index (κ3) is 8.75.